The van der Waals surface area contributed by atoms with E-state index >= 15 is 0 Å². The van der Waals surface area contributed by atoms with Crippen LogP contribution in [-0.4, -0.2) is 12.1 Å². The molecule has 3 saturated carbocycles. The maximum absolute atomic E-state index is 4.06. The first-order valence-corrected chi connectivity index (χ1v) is 9.18. The van der Waals surface area contributed by atoms with Crippen LogP contribution in [-0.2, 0) is 0 Å². The highest BCUT2D eigenvalue weighted by atomic mass is 15.0. The molecule has 0 bridgehead atoms. The zero-order chi connectivity index (χ0) is 12.9. The van der Waals surface area contributed by atoms with Crippen LogP contribution < -0.4 is 5.32 Å². The van der Waals surface area contributed by atoms with Gasteiger partial charge in [0, 0.05) is 12.1 Å². The molecule has 0 aliphatic heterocycles. The van der Waals surface area contributed by atoms with Gasteiger partial charge in [-0.25, -0.2) is 0 Å². The average molecular weight is 263 g/mol. The molecule has 3 atom stereocenters. The summed E-state index contributed by atoms with van der Waals surface area (Å²) in [5, 5.41) is 4.06. The minimum Gasteiger partial charge on any atom is -0.311 e. The molecule has 1 nitrogen and oxygen atoms in total. The van der Waals surface area contributed by atoms with Crippen LogP contribution in [0.25, 0.3) is 0 Å². The van der Waals surface area contributed by atoms with E-state index in [2.05, 4.69) is 5.32 Å². The van der Waals surface area contributed by atoms with Crippen molar-refractivity contribution in [1.82, 2.24) is 5.32 Å². The summed E-state index contributed by atoms with van der Waals surface area (Å²) in [5.41, 5.74) is 0. The Morgan fingerprint density at radius 1 is 0.474 bits per heavy atom. The van der Waals surface area contributed by atoms with Crippen LogP contribution in [0.1, 0.15) is 89.9 Å². The minimum absolute atomic E-state index is 0.852. The summed E-state index contributed by atoms with van der Waals surface area (Å²) in [6.45, 7) is 0. The molecule has 0 radical (unpaired) electrons. The van der Waals surface area contributed by atoms with E-state index in [1.807, 2.05) is 0 Å². The van der Waals surface area contributed by atoms with Crippen LogP contribution in [0.15, 0.2) is 0 Å². The van der Waals surface area contributed by atoms with Gasteiger partial charge in [-0.15, -0.1) is 0 Å². The van der Waals surface area contributed by atoms with Gasteiger partial charge < -0.3 is 5.32 Å². The van der Waals surface area contributed by atoms with Gasteiger partial charge in [0.15, 0.2) is 0 Å². The third-order valence-electron chi connectivity index (χ3n) is 6.12. The molecule has 19 heavy (non-hydrogen) atoms. The van der Waals surface area contributed by atoms with E-state index in [0.717, 1.165) is 23.9 Å². The highest BCUT2D eigenvalue weighted by Gasteiger charge is 2.32. The third kappa shape index (κ3) is 3.97. The summed E-state index contributed by atoms with van der Waals surface area (Å²) in [5.74, 6) is 2.18. The Balaban J connectivity index is 1.46. The van der Waals surface area contributed by atoms with Gasteiger partial charge in [0.1, 0.15) is 0 Å². The lowest BCUT2D eigenvalue weighted by Crippen LogP contribution is -2.43. The van der Waals surface area contributed by atoms with Gasteiger partial charge in [-0.3, -0.25) is 0 Å². The van der Waals surface area contributed by atoms with E-state index in [0.29, 0.717) is 0 Å². The van der Waals surface area contributed by atoms with Crippen LogP contribution in [0.2, 0.25) is 0 Å². The molecule has 110 valence electrons. The largest absolute Gasteiger partial charge is 0.311 e. The zero-order valence-electron chi connectivity index (χ0n) is 12.7. The number of hydrogen-bond donors (Lipinski definition) is 1. The average Bonchev–Trinajstić information content (AvgIpc) is 2.41. The lowest BCUT2D eigenvalue weighted by atomic mass is 9.69. The zero-order valence-corrected chi connectivity index (χ0v) is 12.7. The van der Waals surface area contributed by atoms with E-state index in [9.17, 15) is 0 Å². The second-order valence-electron chi connectivity index (χ2n) is 7.52. The summed E-state index contributed by atoms with van der Waals surface area (Å²) in [7, 11) is 0. The highest BCUT2D eigenvalue weighted by Crippen LogP contribution is 2.40. The maximum atomic E-state index is 4.06. The summed E-state index contributed by atoms with van der Waals surface area (Å²) in [6, 6.07) is 1.72. The number of nitrogens with one attached hydrogen (secondary N) is 1. The molecule has 0 saturated heterocycles. The van der Waals surface area contributed by atoms with Crippen molar-refractivity contribution in [3.8, 4) is 0 Å². The molecule has 3 rings (SSSR count). The first-order valence-electron chi connectivity index (χ1n) is 9.18. The molecule has 3 fully saturated rings. The molecule has 0 aromatic rings. The molecule has 3 aliphatic carbocycles. The number of rotatable bonds is 2. The van der Waals surface area contributed by atoms with Gasteiger partial charge in [-0.05, 0) is 43.9 Å². The summed E-state index contributed by atoms with van der Waals surface area (Å²) in [4.78, 5) is 0. The van der Waals surface area contributed by atoms with E-state index in [-0.39, 0.29) is 0 Å². The Kier molecular flexibility index (Phi) is 5.21. The molecule has 3 unspecified atom stereocenters. The van der Waals surface area contributed by atoms with Crippen molar-refractivity contribution in [3.05, 3.63) is 0 Å². The normalized spacial score (nSPS) is 38.2. The molecule has 1 N–H and O–H groups in total. The Bertz CT molecular complexity index is 254. The fourth-order valence-corrected chi connectivity index (χ4v) is 4.98. The third-order valence-corrected chi connectivity index (χ3v) is 6.12. The smallest absolute Gasteiger partial charge is 0.00724 e. The van der Waals surface area contributed by atoms with Crippen molar-refractivity contribution in [2.45, 2.75) is 102 Å². The van der Waals surface area contributed by atoms with Gasteiger partial charge >= 0.3 is 0 Å². The summed E-state index contributed by atoms with van der Waals surface area (Å²) >= 11 is 0. The fraction of sp³-hybridized carbons (Fsp3) is 1.00. The number of fused-ring (bicyclic) bond motifs is 1. The molecule has 1 heteroatoms. The van der Waals surface area contributed by atoms with Crippen molar-refractivity contribution >= 4 is 0 Å². The Morgan fingerprint density at radius 2 is 1.11 bits per heavy atom. The summed E-state index contributed by atoms with van der Waals surface area (Å²) in [6.07, 6.45) is 20.9. The van der Waals surface area contributed by atoms with Gasteiger partial charge in [0.05, 0.1) is 0 Å². The predicted octanol–water partition coefficient (Wildman–Crippen LogP) is 5.05. The van der Waals surface area contributed by atoms with E-state index in [1.54, 1.807) is 6.42 Å². The SMILES string of the molecule is C1CCCC(NC2CCC3CCCCC3C2)CCC1. The molecule has 0 heterocycles. The second kappa shape index (κ2) is 7.11. The molecular formula is C18H33N. The van der Waals surface area contributed by atoms with Crippen LogP contribution in [0.3, 0.4) is 0 Å². The number of hydrogen-bond acceptors (Lipinski definition) is 1. The first-order chi connectivity index (χ1) is 9.42. The van der Waals surface area contributed by atoms with Crippen molar-refractivity contribution in [1.29, 1.82) is 0 Å². The van der Waals surface area contributed by atoms with Crippen LogP contribution in [0.4, 0.5) is 0 Å². The standard InChI is InChI=1S/C18H33N/c1-2-4-10-17(11-5-3-1)19-18-13-12-15-8-6-7-9-16(15)14-18/h15-19H,1-14H2. The van der Waals surface area contributed by atoms with Gasteiger partial charge in [-0.2, -0.15) is 0 Å². The monoisotopic (exact) mass is 263 g/mol. The molecule has 0 spiro atoms. The van der Waals surface area contributed by atoms with E-state index in [4.69, 9.17) is 0 Å². The Hall–Kier alpha value is -0.0400. The quantitative estimate of drug-likeness (QED) is 0.735. The van der Waals surface area contributed by atoms with E-state index < -0.39 is 0 Å². The molecule has 3 aliphatic rings. The van der Waals surface area contributed by atoms with Crippen LogP contribution >= 0.6 is 0 Å². The van der Waals surface area contributed by atoms with Crippen LogP contribution in [0.5, 0.6) is 0 Å². The predicted molar refractivity (Wildman–Crippen MR) is 82.3 cm³/mol. The van der Waals surface area contributed by atoms with Crippen molar-refractivity contribution in [2.75, 3.05) is 0 Å². The van der Waals surface area contributed by atoms with Crippen LogP contribution in [0, 0.1) is 11.8 Å². The van der Waals surface area contributed by atoms with E-state index in [1.165, 1.54) is 83.5 Å². The highest BCUT2D eigenvalue weighted by molar-refractivity contribution is 4.87. The van der Waals surface area contributed by atoms with Gasteiger partial charge in [0.2, 0.25) is 0 Å². The molecular weight excluding hydrogens is 230 g/mol. The van der Waals surface area contributed by atoms with Gasteiger partial charge in [0.25, 0.3) is 0 Å². The molecule has 0 aromatic heterocycles. The molecule has 0 amide bonds. The van der Waals surface area contributed by atoms with Crippen molar-refractivity contribution in [2.24, 2.45) is 11.8 Å². The minimum atomic E-state index is 0.852. The first kappa shape index (κ1) is 13.9. The van der Waals surface area contributed by atoms with Gasteiger partial charge in [-0.1, -0.05) is 57.8 Å². The molecule has 0 aromatic carbocycles. The maximum Gasteiger partial charge on any atom is 0.00724 e. The fourth-order valence-electron chi connectivity index (χ4n) is 4.98. The Morgan fingerprint density at radius 3 is 1.89 bits per heavy atom. The topological polar surface area (TPSA) is 12.0 Å². The van der Waals surface area contributed by atoms with Crippen molar-refractivity contribution in [3.63, 3.8) is 0 Å². The Labute approximate surface area is 119 Å². The lowest BCUT2D eigenvalue weighted by Gasteiger charge is -2.41. The summed E-state index contributed by atoms with van der Waals surface area (Å²) < 4.78 is 0. The second-order valence-corrected chi connectivity index (χ2v) is 7.52. The lowest BCUT2D eigenvalue weighted by molar-refractivity contribution is 0.135. The van der Waals surface area contributed by atoms with Crippen molar-refractivity contribution < 1.29 is 0 Å².